The predicted octanol–water partition coefficient (Wildman–Crippen LogP) is 5.49. The summed E-state index contributed by atoms with van der Waals surface area (Å²) in [6.45, 7) is 6.39. The van der Waals surface area contributed by atoms with Crippen LogP contribution in [-0.2, 0) is 6.54 Å². The van der Waals surface area contributed by atoms with E-state index >= 15 is 0 Å². The first-order chi connectivity index (χ1) is 13.1. The van der Waals surface area contributed by atoms with Crippen LogP contribution in [0, 0.1) is 0 Å². The van der Waals surface area contributed by atoms with Gasteiger partial charge in [0.05, 0.1) is 17.8 Å². The molecule has 3 aromatic rings. The van der Waals surface area contributed by atoms with Crippen LogP contribution in [0.5, 0.6) is 0 Å². The van der Waals surface area contributed by atoms with Crippen LogP contribution in [0.3, 0.4) is 0 Å². The summed E-state index contributed by atoms with van der Waals surface area (Å²) in [5.41, 5.74) is 2.32. The van der Waals surface area contributed by atoms with Gasteiger partial charge in [-0.05, 0) is 61.7 Å². The molecule has 0 aliphatic rings. The average Bonchev–Trinajstić information content (AvgIpc) is 3.23. The van der Waals surface area contributed by atoms with Gasteiger partial charge in [0.1, 0.15) is 5.82 Å². The first kappa shape index (κ1) is 19.4. The van der Waals surface area contributed by atoms with Crippen molar-refractivity contribution in [3.8, 4) is 0 Å². The van der Waals surface area contributed by atoms with Gasteiger partial charge in [0.15, 0.2) is 0 Å². The molecule has 0 spiro atoms. The zero-order chi connectivity index (χ0) is 19.2. The summed E-state index contributed by atoms with van der Waals surface area (Å²) >= 11 is 7.53. The maximum Gasteiger partial charge on any atom is 0.259 e. The van der Waals surface area contributed by atoms with Crippen LogP contribution in [0.1, 0.15) is 29.9 Å². The van der Waals surface area contributed by atoms with E-state index in [1.54, 1.807) is 17.0 Å². The average molecular weight is 400 g/mol. The predicted molar refractivity (Wildman–Crippen MR) is 114 cm³/mol. The third kappa shape index (κ3) is 4.67. The SMILES string of the molecule is CCN(CC)c1cccc(CN(C(=O)c2ccsc2)c2ccc(Cl)cc2)n1. The van der Waals surface area contributed by atoms with Crippen LogP contribution >= 0.6 is 22.9 Å². The zero-order valence-corrected chi connectivity index (χ0v) is 17.0. The maximum atomic E-state index is 13.1. The summed E-state index contributed by atoms with van der Waals surface area (Å²) in [6, 6.07) is 15.1. The van der Waals surface area contributed by atoms with Crippen LogP contribution in [0.2, 0.25) is 5.02 Å². The molecule has 3 rings (SSSR count). The molecule has 140 valence electrons. The number of amides is 1. The van der Waals surface area contributed by atoms with Crippen LogP contribution in [0.15, 0.2) is 59.3 Å². The molecule has 0 atom stereocenters. The highest BCUT2D eigenvalue weighted by Gasteiger charge is 2.19. The van der Waals surface area contributed by atoms with Gasteiger partial charge in [-0.1, -0.05) is 17.7 Å². The molecule has 1 amide bonds. The van der Waals surface area contributed by atoms with Gasteiger partial charge in [-0.15, -0.1) is 0 Å². The fourth-order valence-electron chi connectivity index (χ4n) is 2.88. The Hall–Kier alpha value is -2.37. The van der Waals surface area contributed by atoms with Crippen molar-refractivity contribution in [2.45, 2.75) is 20.4 Å². The van der Waals surface area contributed by atoms with Gasteiger partial charge in [-0.2, -0.15) is 11.3 Å². The number of thiophene rings is 1. The van der Waals surface area contributed by atoms with Gasteiger partial charge < -0.3 is 9.80 Å². The van der Waals surface area contributed by atoms with Crippen LogP contribution in [0.4, 0.5) is 11.5 Å². The highest BCUT2D eigenvalue weighted by atomic mass is 35.5. The maximum absolute atomic E-state index is 13.1. The Morgan fingerprint density at radius 3 is 2.44 bits per heavy atom. The number of anilines is 2. The molecule has 2 aromatic heterocycles. The lowest BCUT2D eigenvalue weighted by atomic mass is 10.2. The topological polar surface area (TPSA) is 36.4 Å². The molecule has 0 radical (unpaired) electrons. The van der Waals surface area contributed by atoms with Crippen molar-refractivity contribution in [1.29, 1.82) is 0 Å². The third-order valence-corrected chi connectivity index (χ3v) is 5.29. The summed E-state index contributed by atoms with van der Waals surface area (Å²) in [7, 11) is 0. The second kappa shape index (κ2) is 9.02. The van der Waals surface area contributed by atoms with Crippen molar-refractivity contribution in [2.24, 2.45) is 0 Å². The second-order valence-electron chi connectivity index (χ2n) is 6.04. The van der Waals surface area contributed by atoms with E-state index in [1.165, 1.54) is 11.3 Å². The Labute approximate surface area is 169 Å². The largest absolute Gasteiger partial charge is 0.357 e. The quantitative estimate of drug-likeness (QED) is 0.527. The fourth-order valence-corrected chi connectivity index (χ4v) is 3.64. The summed E-state index contributed by atoms with van der Waals surface area (Å²) in [5.74, 6) is 0.880. The molecule has 1 aromatic carbocycles. The fraction of sp³-hybridized carbons (Fsp3) is 0.238. The monoisotopic (exact) mass is 399 g/mol. The first-order valence-electron chi connectivity index (χ1n) is 8.93. The van der Waals surface area contributed by atoms with E-state index in [-0.39, 0.29) is 5.91 Å². The highest BCUT2D eigenvalue weighted by molar-refractivity contribution is 7.08. The molecule has 0 saturated carbocycles. The summed E-state index contributed by atoms with van der Waals surface area (Å²) in [6.07, 6.45) is 0. The molecule has 0 saturated heterocycles. The molecule has 0 aliphatic heterocycles. The lowest BCUT2D eigenvalue weighted by Gasteiger charge is -2.24. The molecule has 0 bridgehead atoms. The van der Waals surface area contributed by atoms with E-state index in [1.807, 2.05) is 47.2 Å². The van der Waals surface area contributed by atoms with E-state index < -0.39 is 0 Å². The summed E-state index contributed by atoms with van der Waals surface area (Å²) < 4.78 is 0. The van der Waals surface area contributed by atoms with Gasteiger partial charge >= 0.3 is 0 Å². The number of rotatable bonds is 7. The van der Waals surface area contributed by atoms with Crippen molar-refractivity contribution >= 4 is 40.4 Å². The van der Waals surface area contributed by atoms with E-state index in [9.17, 15) is 4.79 Å². The van der Waals surface area contributed by atoms with Crippen molar-refractivity contribution in [3.63, 3.8) is 0 Å². The minimum Gasteiger partial charge on any atom is -0.357 e. The number of hydrogen-bond donors (Lipinski definition) is 0. The van der Waals surface area contributed by atoms with Gasteiger partial charge in [-0.25, -0.2) is 4.98 Å². The van der Waals surface area contributed by atoms with Crippen LogP contribution in [0.25, 0.3) is 0 Å². The third-order valence-electron chi connectivity index (χ3n) is 4.35. The minimum atomic E-state index is -0.0476. The molecule has 2 heterocycles. The standard InChI is InChI=1S/C21H22ClN3OS/c1-3-24(4-2)20-7-5-6-18(23-20)14-25(19-10-8-17(22)9-11-19)21(26)16-12-13-27-15-16/h5-13,15H,3-4,14H2,1-2H3. The van der Waals surface area contributed by atoms with E-state index in [2.05, 4.69) is 18.7 Å². The normalized spacial score (nSPS) is 10.6. The van der Waals surface area contributed by atoms with E-state index in [4.69, 9.17) is 16.6 Å². The Bertz CT molecular complexity index is 877. The Morgan fingerprint density at radius 2 is 1.81 bits per heavy atom. The highest BCUT2D eigenvalue weighted by Crippen LogP contribution is 2.23. The number of pyridine rings is 1. The molecular weight excluding hydrogens is 378 g/mol. The van der Waals surface area contributed by atoms with Crippen molar-refractivity contribution in [2.75, 3.05) is 22.9 Å². The number of nitrogens with zero attached hydrogens (tertiary/aromatic N) is 3. The lowest BCUT2D eigenvalue weighted by Crippen LogP contribution is -2.31. The van der Waals surface area contributed by atoms with E-state index in [0.29, 0.717) is 17.1 Å². The molecular formula is C21H22ClN3OS. The number of carbonyl (C=O) groups excluding carboxylic acids is 1. The molecule has 0 fully saturated rings. The molecule has 0 aliphatic carbocycles. The van der Waals surface area contributed by atoms with E-state index in [0.717, 1.165) is 30.3 Å². The van der Waals surface area contributed by atoms with Crippen LogP contribution in [-0.4, -0.2) is 24.0 Å². The molecule has 27 heavy (non-hydrogen) atoms. The number of carbonyl (C=O) groups is 1. The summed E-state index contributed by atoms with van der Waals surface area (Å²) in [4.78, 5) is 21.8. The Morgan fingerprint density at radius 1 is 1.07 bits per heavy atom. The van der Waals surface area contributed by atoms with Gasteiger partial charge in [-0.3, -0.25) is 4.79 Å². The van der Waals surface area contributed by atoms with Crippen molar-refractivity contribution < 1.29 is 4.79 Å². The minimum absolute atomic E-state index is 0.0476. The number of hydrogen-bond acceptors (Lipinski definition) is 4. The zero-order valence-electron chi connectivity index (χ0n) is 15.4. The summed E-state index contributed by atoms with van der Waals surface area (Å²) in [5, 5.41) is 4.42. The van der Waals surface area contributed by atoms with Crippen molar-refractivity contribution in [3.05, 3.63) is 75.6 Å². The smallest absolute Gasteiger partial charge is 0.259 e. The molecule has 0 unspecified atom stereocenters. The molecule has 4 nitrogen and oxygen atoms in total. The lowest BCUT2D eigenvalue weighted by molar-refractivity contribution is 0.0985. The van der Waals surface area contributed by atoms with Crippen LogP contribution < -0.4 is 9.80 Å². The molecule has 6 heteroatoms. The first-order valence-corrected chi connectivity index (χ1v) is 10.2. The number of benzene rings is 1. The van der Waals surface area contributed by atoms with Gasteiger partial charge in [0, 0.05) is 29.2 Å². The van der Waals surface area contributed by atoms with Crippen molar-refractivity contribution in [1.82, 2.24) is 4.98 Å². The van der Waals surface area contributed by atoms with Gasteiger partial charge in [0.2, 0.25) is 0 Å². The Balaban J connectivity index is 1.93. The number of aromatic nitrogens is 1. The molecule has 0 N–H and O–H groups in total. The van der Waals surface area contributed by atoms with Gasteiger partial charge in [0.25, 0.3) is 5.91 Å². The second-order valence-corrected chi connectivity index (χ2v) is 7.26. The number of halogens is 1. The Kier molecular flexibility index (Phi) is 6.48.